The first-order valence-corrected chi connectivity index (χ1v) is 8.87. The van der Waals surface area contributed by atoms with E-state index in [-0.39, 0.29) is 5.91 Å². The third kappa shape index (κ3) is 5.41. The van der Waals surface area contributed by atoms with Crippen molar-refractivity contribution < 1.29 is 9.53 Å². The van der Waals surface area contributed by atoms with Crippen LogP contribution in [0.5, 0.6) is 5.75 Å². The smallest absolute Gasteiger partial charge is 0.257 e. The van der Waals surface area contributed by atoms with Crippen molar-refractivity contribution in [2.75, 3.05) is 12.4 Å². The molecule has 3 rings (SSSR count). The zero-order valence-electron chi connectivity index (χ0n) is 15.8. The van der Waals surface area contributed by atoms with Gasteiger partial charge in [0.05, 0.1) is 19.3 Å². The van der Waals surface area contributed by atoms with Gasteiger partial charge in [-0.05, 0) is 43.3 Å². The Morgan fingerprint density at radius 3 is 2.61 bits per heavy atom. The maximum absolute atomic E-state index is 12.6. The number of aromatic nitrogens is 1. The van der Waals surface area contributed by atoms with Gasteiger partial charge in [-0.25, -0.2) is 4.99 Å². The number of ether oxygens (including phenoxy) is 1. The molecule has 0 bridgehead atoms. The van der Waals surface area contributed by atoms with E-state index in [1.807, 2.05) is 61.5 Å². The van der Waals surface area contributed by atoms with E-state index in [1.165, 1.54) is 0 Å². The quantitative estimate of drug-likeness (QED) is 0.526. The molecule has 0 atom stereocenters. The minimum atomic E-state index is -0.241. The van der Waals surface area contributed by atoms with Crippen LogP contribution in [0.15, 0.2) is 77.9 Å². The Labute approximate surface area is 164 Å². The SMILES string of the molecule is COc1cccc(NC(=NCc2ccccn2)NC(=O)c2ccc(C)cc2)c1. The summed E-state index contributed by atoms with van der Waals surface area (Å²) in [6, 6.07) is 20.4. The number of benzene rings is 2. The number of carbonyl (C=O) groups is 1. The zero-order valence-corrected chi connectivity index (χ0v) is 15.8. The number of guanidine groups is 1. The fourth-order valence-electron chi connectivity index (χ4n) is 2.48. The molecule has 0 aliphatic rings. The van der Waals surface area contributed by atoms with Gasteiger partial charge in [-0.15, -0.1) is 0 Å². The molecule has 28 heavy (non-hydrogen) atoms. The van der Waals surface area contributed by atoms with Gasteiger partial charge in [0.1, 0.15) is 5.75 Å². The minimum absolute atomic E-state index is 0.241. The molecule has 6 heteroatoms. The van der Waals surface area contributed by atoms with Gasteiger partial charge >= 0.3 is 0 Å². The van der Waals surface area contributed by atoms with Crippen molar-refractivity contribution in [3.8, 4) is 5.75 Å². The standard InChI is InChI=1S/C22H22N4O2/c1-16-9-11-17(12-10-16)21(27)26-22(24-15-19-6-3-4-13-23-19)25-18-7-5-8-20(14-18)28-2/h3-14H,15H2,1-2H3,(H2,24,25,26,27). The highest BCUT2D eigenvalue weighted by Gasteiger charge is 2.10. The van der Waals surface area contributed by atoms with Gasteiger partial charge in [-0.3, -0.25) is 15.1 Å². The largest absolute Gasteiger partial charge is 0.497 e. The lowest BCUT2D eigenvalue weighted by molar-refractivity contribution is 0.0977. The molecule has 2 N–H and O–H groups in total. The number of aliphatic imine (C=N–C) groups is 1. The number of carbonyl (C=O) groups excluding carboxylic acids is 1. The summed E-state index contributed by atoms with van der Waals surface area (Å²) in [5, 5.41) is 5.99. The molecule has 0 radical (unpaired) electrons. The predicted octanol–water partition coefficient (Wildman–Crippen LogP) is 3.80. The Morgan fingerprint density at radius 2 is 1.89 bits per heavy atom. The second kappa shape index (κ2) is 9.32. The van der Waals surface area contributed by atoms with E-state index in [9.17, 15) is 4.79 Å². The lowest BCUT2D eigenvalue weighted by Gasteiger charge is -2.13. The summed E-state index contributed by atoms with van der Waals surface area (Å²) >= 11 is 0. The molecule has 0 unspecified atom stereocenters. The van der Waals surface area contributed by atoms with Gasteiger partial charge in [0, 0.05) is 23.5 Å². The van der Waals surface area contributed by atoms with Gasteiger partial charge in [-0.2, -0.15) is 0 Å². The number of nitrogens with one attached hydrogen (secondary N) is 2. The van der Waals surface area contributed by atoms with Gasteiger partial charge in [-0.1, -0.05) is 29.8 Å². The molecule has 3 aromatic rings. The Bertz CT molecular complexity index is 954. The van der Waals surface area contributed by atoms with Gasteiger partial charge < -0.3 is 10.1 Å². The van der Waals surface area contributed by atoms with Crippen molar-refractivity contribution in [2.45, 2.75) is 13.5 Å². The molecule has 0 saturated carbocycles. The van der Waals surface area contributed by atoms with Crippen molar-refractivity contribution in [1.82, 2.24) is 10.3 Å². The Kier molecular flexibility index (Phi) is 6.36. The number of rotatable bonds is 5. The van der Waals surface area contributed by atoms with Crippen LogP contribution in [0.4, 0.5) is 5.69 Å². The number of methoxy groups -OCH3 is 1. The van der Waals surface area contributed by atoms with Crippen LogP contribution >= 0.6 is 0 Å². The third-order valence-corrected chi connectivity index (χ3v) is 4.00. The van der Waals surface area contributed by atoms with E-state index in [0.717, 1.165) is 16.9 Å². The number of amides is 1. The summed E-state index contributed by atoms with van der Waals surface area (Å²) in [7, 11) is 1.61. The molecule has 142 valence electrons. The molecule has 0 aliphatic heterocycles. The molecular formula is C22H22N4O2. The molecule has 1 heterocycles. The highest BCUT2D eigenvalue weighted by Crippen LogP contribution is 2.16. The number of hydrogen-bond donors (Lipinski definition) is 2. The molecule has 1 amide bonds. The van der Waals surface area contributed by atoms with E-state index in [1.54, 1.807) is 25.4 Å². The average Bonchev–Trinajstić information content (AvgIpc) is 2.73. The van der Waals surface area contributed by atoms with Gasteiger partial charge in [0.2, 0.25) is 5.96 Å². The van der Waals surface area contributed by atoms with E-state index in [0.29, 0.717) is 23.8 Å². The van der Waals surface area contributed by atoms with Crippen LogP contribution in [-0.4, -0.2) is 24.0 Å². The molecule has 2 aromatic carbocycles. The number of aryl methyl sites for hydroxylation is 1. The number of hydrogen-bond acceptors (Lipinski definition) is 4. The van der Waals surface area contributed by atoms with Gasteiger partial charge in [0.25, 0.3) is 5.91 Å². The number of anilines is 1. The van der Waals surface area contributed by atoms with E-state index in [4.69, 9.17) is 4.74 Å². The van der Waals surface area contributed by atoms with Crippen LogP contribution in [0, 0.1) is 6.92 Å². The highest BCUT2D eigenvalue weighted by atomic mass is 16.5. The number of nitrogens with zero attached hydrogens (tertiary/aromatic N) is 2. The molecule has 0 aliphatic carbocycles. The molecule has 0 saturated heterocycles. The van der Waals surface area contributed by atoms with E-state index >= 15 is 0 Å². The maximum atomic E-state index is 12.6. The Morgan fingerprint density at radius 1 is 1.07 bits per heavy atom. The maximum Gasteiger partial charge on any atom is 0.257 e. The van der Waals surface area contributed by atoms with Crippen LogP contribution in [-0.2, 0) is 6.54 Å². The summed E-state index contributed by atoms with van der Waals surface area (Å²) in [4.78, 5) is 21.4. The minimum Gasteiger partial charge on any atom is -0.497 e. The van der Waals surface area contributed by atoms with Crippen LogP contribution in [0.25, 0.3) is 0 Å². The van der Waals surface area contributed by atoms with Crippen LogP contribution < -0.4 is 15.4 Å². The average molecular weight is 374 g/mol. The third-order valence-electron chi connectivity index (χ3n) is 4.00. The van der Waals surface area contributed by atoms with Crippen LogP contribution in [0.2, 0.25) is 0 Å². The predicted molar refractivity (Wildman–Crippen MR) is 111 cm³/mol. The van der Waals surface area contributed by atoms with E-state index in [2.05, 4.69) is 20.6 Å². The molecule has 0 fully saturated rings. The second-order valence-corrected chi connectivity index (χ2v) is 6.16. The van der Waals surface area contributed by atoms with Crippen LogP contribution in [0.1, 0.15) is 21.6 Å². The molecule has 1 aromatic heterocycles. The number of pyridine rings is 1. The van der Waals surface area contributed by atoms with Crippen molar-refractivity contribution in [3.05, 3.63) is 89.7 Å². The first-order valence-electron chi connectivity index (χ1n) is 8.87. The van der Waals surface area contributed by atoms with Gasteiger partial charge in [0.15, 0.2) is 0 Å². The van der Waals surface area contributed by atoms with Crippen molar-refractivity contribution in [1.29, 1.82) is 0 Å². The fraction of sp³-hybridized carbons (Fsp3) is 0.136. The summed E-state index contributed by atoms with van der Waals surface area (Å²) in [5.74, 6) is 0.804. The summed E-state index contributed by atoms with van der Waals surface area (Å²) in [5.41, 5.74) is 3.21. The van der Waals surface area contributed by atoms with Crippen molar-refractivity contribution >= 4 is 17.6 Å². The normalized spacial score (nSPS) is 11.0. The monoisotopic (exact) mass is 374 g/mol. The summed E-state index contributed by atoms with van der Waals surface area (Å²) in [6.45, 7) is 2.31. The van der Waals surface area contributed by atoms with Crippen molar-refractivity contribution in [3.63, 3.8) is 0 Å². The second-order valence-electron chi connectivity index (χ2n) is 6.16. The lowest BCUT2D eigenvalue weighted by atomic mass is 10.1. The Balaban J connectivity index is 1.80. The fourth-order valence-corrected chi connectivity index (χ4v) is 2.48. The summed E-state index contributed by atoms with van der Waals surface area (Å²) in [6.07, 6.45) is 1.71. The van der Waals surface area contributed by atoms with Crippen molar-refractivity contribution in [2.24, 2.45) is 4.99 Å². The Hall–Kier alpha value is -3.67. The highest BCUT2D eigenvalue weighted by molar-refractivity contribution is 6.10. The first kappa shape index (κ1) is 19.1. The first-order chi connectivity index (χ1) is 13.6. The lowest BCUT2D eigenvalue weighted by Crippen LogP contribution is -2.36. The van der Waals surface area contributed by atoms with E-state index < -0.39 is 0 Å². The topological polar surface area (TPSA) is 75.6 Å². The summed E-state index contributed by atoms with van der Waals surface area (Å²) < 4.78 is 5.25. The molecular weight excluding hydrogens is 352 g/mol. The zero-order chi connectivity index (χ0) is 19.8. The molecule has 0 spiro atoms. The van der Waals surface area contributed by atoms with Crippen LogP contribution in [0.3, 0.4) is 0 Å². The molecule has 6 nitrogen and oxygen atoms in total.